The first kappa shape index (κ1) is 24.2. The van der Waals surface area contributed by atoms with Crippen LogP contribution in [0.1, 0.15) is 26.3 Å². The molecule has 2 amide bonds. The van der Waals surface area contributed by atoms with E-state index >= 15 is 0 Å². The van der Waals surface area contributed by atoms with Crippen LogP contribution in [0.3, 0.4) is 0 Å². The minimum absolute atomic E-state index is 0.140. The highest BCUT2D eigenvalue weighted by atomic mass is 16.2. The fourth-order valence-electron chi connectivity index (χ4n) is 3.42. The third-order valence-electron chi connectivity index (χ3n) is 5.30. The highest BCUT2D eigenvalue weighted by Crippen LogP contribution is 2.14. The van der Waals surface area contributed by atoms with E-state index in [2.05, 4.69) is 15.6 Å². The first-order valence-electron chi connectivity index (χ1n) is 10.9. The zero-order valence-corrected chi connectivity index (χ0v) is 19.6. The molecular formula is C24H32N6O3. The maximum atomic E-state index is 12.8. The number of aromatic nitrogens is 2. The standard InChI is InChI=1S/C24H32N6O3/c1-28(2)11-10-25-22(31)18-7-5-6-17(14-18)16-26-23(32)19-8-9-20-21(15-19)30(24(33)27-20)13-12-29(3)4/h5-9,14-15H,10-13,16H2,1-4H3,(H,25,31)(H,26,32)(H,27,33). The molecule has 176 valence electrons. The van der Waals surface area contributed by atoms with E-state index in [-0.39, 0.29) is 24.0 Å². The summed E-state index contributed by atoms with van der Waals surface area (Å²) in [5.41, 5.74) is 3.06. The molecule has 0 saturated heterocycles. The number of nitrogens with one attached hydrogen (secondary N) is 3. The number of rotatable bonds is 10. The van der Waals surface area contributed by atoms with Gasteiger partial charge in [-0.05, 0) is 64.1 Å². The summed E-state index contributed by atoms with van der Waals surface area (Å²) in [5, 5.41) is 5.79. The summed E-state index contributed by atoms with van der Waals surface area (Å²) in [4.78, 5) is 44.2. The number of hydrogen-bond donors (Lipinski definition) is 3. The number of imidazole rings is 1. The quantitative estimate of drug-likeness (QED) is 0.428. The van der Waals surface area contributed by atoms with Crippen LogP contribution in [0.2, 0.25) is 0 Å². The Hall–Kier alpha value is -3.43. The number of likely N-dealkylation sites (N-methyl/N-ethyl adjacent to an activating group) is 2. The Bertz CT molecular complexity index is 1180. The van der Waals surface area contributed by atoms with Crippen molar-refractivity contribution in [3.05, 3.63) is 69.6 Å². The van der Waals surface area contributed by atoms with Crippen LogP contribution in [0.25, 0.3) is 11.0 Å². The topological polar surface area (TPSA) is 102 Å². The number of nitrogens with zero attached hydrogens (tertiary/aromatic N) is 3. The monoisotopic (exact) mass is 452 g/mol. The van der Waals surface area contributed by atoms with Crippen molar-refractivity contribution in [1.82, 2.24) is 30.0 Å². The molecule has 0 saturated carbocycles. The van der Waals surface area contributed by atoms with Gasteiger partial charge >= 0.3 is 5.69 Å². The second kappa shape index (κ2) is 10.9. The van der Waals surface area contributed by atoms with E-state index in [9.17, 15) is 14.4 Å². The summed E-state index contributed by atoms with van der Waals surface area (Å²) >= 11 is 0. The summed E-state index contributed by atoms with van der Waals surface area (Å²) in [6.45, 7) is 2.85. The van der Waals surface area contributed by atoms with Crippen molar-refractivity contribution in [2.75, 3.05) is 47.8 Å². The van der Waals surface area contributed by atoms with Crippen LogP contribution in [-0.4, -0.2) is 79.0 Å². The van der Waals surface area contributed by atoms with Crippen LogP contribution in [0.4, 0.5) is 0 Å². The van der Waals surface area contributed by atoms with Crippen molar-refractivity contribution in [2.24, 2.45) is 0 Å². The van der Waals surface area contributed by atoms with Gasteiger partial charge in [0.25, 0.3) is 11.8 Å². The Kier molecular flexibility index (Phi) is 8.02. The predicted molar refractivity (Wildman–Crippen MR) is 130 cm³/mol. The first-order valence-corrected chi connectivity index (χ1v) is 10.9. The first-order chi connectivity index (χ1) is 15.7. The molecule has 0 aliphatic rings. The van der Waals surface area contributed by atoms with Gasteiger partial charge in [0.15, 0.2) is 0 Å². The predicted octanol–water partition coefficient (Wildman–Crippen LogP) is 1.11. The summed E-state index contributed by atoms with van der Waals surface area (Å²) in [6.07, 6.45) is 0. The Morgan fingerprint density at radius 2 is 1.61 bits per heavy atom. The molecule has 1 heterocycles. The highest BCUT2D eigenvalue weighted by molar-refractivity contribution is 5.97. The molecule has 3 rings (SSSR count). The Morgan fingerprint density at radius 1 is 0.909 bits per heavy atom. The van der Waals surface area contributed by atoms with E-state index in [0.29, 0.717) is 41.8 Å². The molecule has 9 heteroatoms. The van der Waals surface area contributed by atoms with Crippen LogP contribution >= 0.6 is 0 Å². The smallest absolute Gasteiger partial charge is 0.326 e. The maximum absolute atomic E-state index is 12.8. The van der Waals surface area contributed by atoms with E-state index < -0.39 is 0 Å². The van der Waals surface area contributed by atoms with Gasteiger partial charge in [-0.15, -0.1) is 0 Å². The maximum Gasteiger partial charge on any atom is 0.326 e. The number of fused-ring (bicyclic) bond motifs is 1. The Labute approximate surface area is 193 Å². The van der Waals surface area contributed by atoms with Crippen LogP contribution in [0, 0.1) is 0 Å². The van der Waals surface area contributed by atoms with Gasteiger partial charge in [0.1, 0.15) is 0 Å². The average molecular weight is 453 g/mol. The zero-order valence-electron chi connectivity index (χ0n) is 19.6. The third kappa shape index (κ3) is 6.53. The lowest BCUT2D eigenvalue weighted by atomic mass is 10.1. The number of hydrogen-bond acceptors (Lipinski definition) is 5. The normalized spacial score (nSPS) is 11.3. The molecule has 0 aliphatic heterocycles. The Balaban J connectivity index is 1.66. The molecule has 3 N–H and O–H groups in total. The molecule has 0 atom stereocenters. The Morgan fingerprint density at radius 3 is 2.33 bits per heavy atom. The molecule has 1 aromatic heterocycles. The number of amides is 2. The van der Waals surface area contributed by atoms with E-state index in [1.807, 2.05) is 44.1 Å². The minimum atomic E-state index is -0.245. The van der Waals surface area contributed by atoms with Crippen molar-refractivity contribution < 1.29 is 9.59 Å². The molecule has 3 aromatic rings. The van der Waals surface area contributed by atoms with Gasteiger partial charge in [0, 0.05) is 43.9 Å². The van der Waals surface area contributed by atoms with Crippen LogP contribution in [0.15, 0.2) is 47.3 Å². The van der Waals surface area contributed by atoms with Gasteiger partial charge in [-0.3, -0.25) is 14.2 Å². The summed E-state index contributed by atoms with van der Waals surface area (Å²) < 4.78 is 1.64. The van der Waals surface area contributed by atoms with E-state index in [0.717, 1.165) is 12.1 Å². The summed E-state index contributed by atoms with van der Waals surface area (Å²) in [7, 11) is 7.79. The van der Waals surface area contributed by atoms with E-state index in [1.165, 1.54) is 0 Å². The lowest BCUT2D eigenvalue weighted by Gasteiger charge is -2.11. The second-order valence-electron chi connectivity index (χ2n) is 8.56. The molecular weight excluding hydrogens is 420 g/mol. The third-order valence-corrected chi connectivity index (χ3v) is 5.30. The van der Waals surface area contributed by atoms with Gasteiger partial charge in [0.05, 0.1) is 11.0 Å². The highest BCUT2D eigenvalue weighted by Gasteiger charge is 2.12. The molecule has 0 unspecified atom stereocenters. The minimum Gasteiger partial charge on any atom is -0.351 e. The van der Waals surface area contributed by atoms with Crippen molar-refractivity contribution in [3.63, 3.8) is 0 Å². The van der Waals surface area contributed by atoms with Gasteiger partial charge in [-0.1, -0.05) is 12.1 Å². The van der Waals surface area contributed by atoms with Crippen molar-refractivity contribution in [3.8, 4) is 0 Å². The lowest BCUT2D eigenvalue weighted by molar-refractivity contribution is 0.0945. The van der Waals surface area contributed by atoms with Gasteiger partial charge in [-0.25, -0.2) is 4.79 Å². The summed E-state index contributed by atoms with van der Waals surface area (Å²) in [6, 6.07) is 12.4. The lowest BCUT2D eigenvalue weighted by Crippen LogP contribution is -2.31. The van der Waals surface area contributed by atoms with E-state index in [4.69, 9.17) is 0 Å². The van der Waals surface area contributed by atoms with Crippen molar-refractivity contribution in [2.45, 2.75) is 13.1 Å². The number of benzene rings is 2. The van der Waals surface area contributed by atoms with Crippen LogP contribution < -0.4 is 16.3 Å². The summed E-state index contributed by atoms with van der Waals surface area (Å²) in [5.74, 6) is -0.385. The fourth-order valence-corrected chi connectivity index (χ4v) is 3.42. The number of carbonyl (C=O) groups excluding carboxylic acids is 2. The molecule has 9 nitrogen and oxygen atoms in total. The molecule has 2 aromatic carbocycles. The van der Waals surface area contributed by atoms with Gasteiger partial charge in [0.2, 0.25) is 0 Å². The van der Waals surface area contributed by atoms with Crippen LogP contribution in [0.5, 0.6) is 0 Å². The zero-order chi connectivity index (χ0) is 24.0. The van der Waals surface area contributed by atoms with Gasteiger partial charge < -0.3 is 25.4 Å². The SMILES string of the molecule is CN(C)CCNC(=O)c1cccc(CNC(=O)c2ccc3[nH]c(=O)n(CCN(C)C)c3c2)c1. The van der Waals surface area contributed by atoms with E-state index in [1.54, 1.807) is 41.0 Å². The van der Waals surface area contributed by atoms with Gasteiger partial charge in [-0.2, -0.15) is 0 Å². The second-order valence-corrected chi connectivity index (χ2v) is 8.56. The number of H-pyrrole nitrogens is 1. The molecule has 0 spiro atoms. The average Bonchev–Trinajstić information content (AvgIpc) is 3.09. The molecule has 0 radical (unpaired) electrons. The molecule has 0 bridgehead atoms. The molecule has 0 fully saturated rings. The number of carbonyl (C=O) groups is 2. The molecule has 0 aliphatic carbocycles. The largest absolute Gasteiger partial charge is 0.351 e. The van der Waals surface area contributed by atoms with Crippen LogP contribution in [-0.2, 0) is 13.1 Å². The van der Waals surface area contributed by atoms with Crippen molar-refractivity contribution >= 4 is 22.8 Å². The number of aromatic amines is 1. The van der Waals surface area contributed by atoms with Crippen molar-refractivity contribution in [1.29, 1.82) is 0 Å². The fraction of sp³-hybridized carbons (Fsp3) is 0.375. The molecule has 33 heavy (non-hydrogen) atoms.